The Morgan fingerprint density at radius 3 is 2.44 bits per heavy atom. The summed E-state index contributed by atoms with van der Waals surface area (Å²) in [5, 5.41) is 0. The number of nitrogens with two attached hydrogens (primary N) is 1. The fourth-order valence-corrected chi connectivity index (χ4v) is 3.23. The molecule has 0 bridgehead atoms. The third-order valence-corrected chi connectivity index (χ3v) is 4.89. The summed E-state index contributed by atoms with van der Waals surface area (Å²) < 4.78 is 0. The normalized spacial score (nSPS) is 14.8. The average Bonchev–Trinajstić information content (AvgIpc) is 3.44. The predicted molar refractivity (Wildman–Crippen MR) is 103 cm³/mol. The highest BCUT2D eigenvalue weighted by atomic mass is 16.2. The molecule has 0 unspecified atom stereocenters. The highest BCUT2D eigenvalue weighted by Crippen LogP contribution is 2.36. The summed E-state index contributed by atoms with van der Waals surface area (Å²) in [6.07, 6.45) is 2.02. The second kappa shape index (κ2) is 7.18. The van der Waals surface area contributed by atoms with Gasteiger partial charge in [0.05, 0.1) is 6.04 Å². The van der Waals surface area contributed by atoms with Crippen molar-refractivity contribution in [1.82, 2.24) is 4.90 Å². The van der Waals surface area contributed by atoms with Crippen LogP contribution in [0.15, 0.2) is 48.5 Å². The van der Waals surface area contributed by atoms with Crippen molar-refractivity contribution in [1.29, 1.82) is 0 Å². The zero-order valence-corrected chi connectivity index (χ0v) is 15.3. The summed E-state index contributed by atoms with van der Waals surface area (Å²) in [6, 6.07) is 16.2. The van der Waals surface area contributed by atoms with Gasteiger partial charge in [-0.25, -0.2) is 0 Å². The van der Waals surface area contributed by atoms with Gasteiger partial charge in [0.1, 0.15) is 0 Å². The second-order valence-electron chi connectivity index (χ2n) is 7.11. The first-order valence-corrected chi connectivity index (χ1v) is 8.88. The number of rotatable bonds is 6. The molecule has 25 heavy (non-hydrogen) atoms. The highest BCUT2D eigenvalue weighted by molar-refractivity contribution is 5.81. The van der Waals surface area contributed by atoms with Crippen LogP contribution < -0.4 is 10.6 Å². The minimum atomic E-state index is 0.0331. The molecule has 2 aromatic rings. The van der Waals surface area contributed by atoms with Gasteiger partial charge in [0.15, 0.2) is 0 Å². The first kappa shape index (κ1) is 17.3. The number of amides is 1. The van der Waals surface area contributed by atoms with E-state index in [0.717, 1.165) is 35.3 Å². The van der Waals surface area contributed by atoms with E-state index in [1.807, 2.05) is 55.4 Å². The Morgan fingerprint density at radius 2 is 1.84 bits per heavy atom. The van der Waals surface area contributed by atoms with E-state index in [2.05, 4.69) is 24.0 Å². The van der Waals surface area contributed by atoms with Crippen molar-refractivity contribution in [3.05, 3.63) is 59.7 Å². The summed E-state index contributed by atoms with van der Waals surface area (Å²) >= 11 is 0. The van der Waals surface area contributed by atoms with Crippen LogP contribution in [-0.2, 0) is 11.3 Å². The van der Waals surface area contributed by atoms with E-state index in [1.165, 1.54) is 0 Å². The van der Waals surface area contributed by atoms with Crippen LogP contribution in [0.5, 0.6) is 0 Å². The molecule has 2 N–H and O–H groups in total. The zero-order valence-electron chi connectivity index (χ0n) is 15.3. The highest BCUT2D eigenvalue weighted by Gasteiger charge is 2.35. The third-order valence-electron chi connectivity index (χ3n) is 4.89. The van der Waals surface area contributed by atoms with Crippen LogP contribution in [0, 0.1) is 5.92 Å². The van der Waals surface area contributed by atoms with Gasteiger partial charge in [0.2, 0.25) is 5.91 Å². The van der Waals surface area contributed by atoms with Crippen LogP contribution in [0.1, 0.15) is 36.9 Å². The summed E-state index contributed by atoms with van der Waals surface area (Å²) in [5.41, 5.74) is 10.1. The van der Waals surface area contributed by atoms with Gasteiger partial charge in [-0.15, -0.1) is 0 Å². The van der Waals surface area contributed by atoms with E-state index in [1.54, 1.807) is 0 Å². The molecule has 0 radical (unpaired) electrons. The van der Waals surface area contributed by atoms with E-state index in [-0.39, 0.29) is 17.9 Å². The molecule has 2 aromatic carbocycles. The molecule has 1 saturated carbocycles. The summed E-state index contributed by atoms with van der Waals surface area (Å²) in [7, 11) is 4.03. The largest absolute Gasteiger partial charge is 0.399 e. The molecule has 4 heteroatoms. The quantitative estimate of drug-likeness (QED) is 0.815. The third kappa shape index (κ3) is 3.95. The molecule has 132 valence electrons. The maximum Gasteiger partial charge on any atom is 0.226 e. The van der Waals surface area contributed by atoms with Crippen molar-refractivity contribution in [2.24, 2.45) is 5.92 Å². The predicted octanol–water partition coefficient (Wildman–Crippen LogP) is 3.83. The van der Waals surface area contributed by atoms with Gasteiger partial charge >= 0.3 is 0 Å². The Hall–Kier alpha value is -2.49. The molecule has 0 aromatic heterocycles. The monoisotopic (exact) mass is 337 g/mol. The van der Waals surface area contributed by atoms with Crippen LogP contribution in [0.4, 0.5) is 11.4 Å². The summed E-state index contributed by atoms with van der Waals surface area (Å²) in [5.74, 6) is 0.443. The van der Waals surface area contributed by atoms with Gasteiger partial charge in [-0.2, -0.15) is 0 Å². The first-order valence-electron chi connectivity index (χ1n) is 8.88. The molecule has 0 aliphatic heterocycles. The average molecular weight is 337 g/mol. The number of carbonyl (C=O) groups is 1. The number of anilines is 2. The molecule has 0 saturated heterocycles. The van der Waals surface area contributed by atoms with Crippen LogP contribution in [0.2, 0.25) is 0 Å². The first-order chi connectivity index (χ1) is 12.0. The number of hydrogen-bond donors (Lipinski definition) is 1. The van der Waals surface area contributed by atoms with Crippen molar-refractivity contribution >= 4 is 17.3 Å². The lowest BCUT2D eigenvalue weighted by molar-refractivity contribution is -0.135. The van der Waals surface area contributed by atoms with E-state index in [9.17, 15) is 4.79 Å². The Bertz CT molecular complexity index is 738. The summed E-state index contributed by atoms with van der Waals surface area (Å²) in [4.78, 5) is 17.1. The molecule has 1 aliphatic carbocycles. The van der Waals surface area contributed by atoms with Gasteiger partial charge < -0.3 is 15.5 Å². The van der Waals surface area contributed by atoms with Gasteiger partial charge in [-0.05, 0) is 49.1 Å². The molecule has 0 heterocycles. The molecule has 1 aliphatic rings. The molecule has 1 fully saturated rings. The van der Waals surface area contributed by atoms with E-state index in [0.29, 0.717) is 6.54 Å². The van der Waals surface area contributed by atoms with Crippen molar-refractivity contribution < 1.29 is 4.79 Å². The molecular formula is C21H27N3O. The van der Waals surface area contributed by atoms with Crippen LogP contribution in [-0.4, -0.2) is 24.9 Å². The Kier molecular flexibility index (Phi) is 4.98. The van der Waals surface area contributed by atoms with Crippen LogP contribution in [0.3, 0.4) is 0 Å². The topological polar surface area (TPSA) is 49.6 Å². The van der Waals surface area contributed by atoms with E-state index >= 15 is 0 Å². The Labute approximate surface area is 150 Å². The van der Waals surface area contributed by atoms with Crippen LogP contribution in [0.25, 0.3) is 0 Å². The Balaban J connectivity index is 1.93. The zero-order chi connectivity index (χ0) is 18.0. The van der Waals surface area contributed by atoms with Crippen LogP contribution >= 0.6 is 0 Å². The number of carbonyl (C=O) groups excluding carboxylic acids is 1. The minimum absolute atomic E-state index is 0.0331. The molecular weight excluding hydrogens is 310 g/mol. The van der Waals surface area contributed by atoms with Gasteiger partial charge in [0, 0.05) is 37.9 Å². The standard InChI is InChI=1S/C21H27N3O/c1-15(16-7-5-4-6-8-16)24(21(25)17-9-10-17)14-18-13-19(22)11-12-20(18)23(2)3/h4-8,11-13,15,17H,9-10,14,22H2,1-3H3/t15-/m0/s1. The van der Waals surface area contributed by atoms with E-state index < -0.39 is 0 Å². The number of nitrogen functional groups attached to an aromatic ring is 1. The smallest absolute Gasteiger partial charge is 0.226 e. The fourth-order valence-electron chi connectivity index (χ4n) is 3.23. The number of hydrogen-bond acceptors (Lipinski definition) is 3. The fraction of sp³-hybridized carbons (Fsp3) is 0.381. The van der Waals surface area contributed by atoms with Crippen molar-refractivity contribution in [3.8, 4) is 0 Å². The SMILES string of the molecule is C[C@@H](c1ccccc1)N(Cc1cc(N)ccc1N(C)C)C(=O)C1CC1. The Morgan fingerprint density at radius 1 is 1.16 bits per heavy atom. The number of nitrogens with zero attached hydrogens (tertiary/aromatic N) is 2. The van der Waals surface area contributed by atoms with Crippen molar-refractivity contribution in [2.75, 3.05) is 24.7 Å². The van der Waals surface area contributed by atoms with Gasteiger partial charge in [-0.3, -0.25) is 4.79 Å². The minimum Gasteiger partial charge on any atom is -0.399 e. The lowest BCUT2D eigenvalue weighted by atomic mass is 10.0. The molecule has 1 atom stereocenters. The molecule has 1 amide bonds. The molecule has 3 rings (SSSR count). The van der Waals surface area contributed by atoms with Crippen molar-refractivity contribution in [3.63, 3.8) is 0 Å². The maximum absolute atomic E-state index is 13.0. The van der Waals surface area contributed by atoms with Crippen molar-refractivity contribution in [2.45, 2.75) is 32.4 Å². The second-order valence-corrected chi connectivity index (χ2v) is 7.11. The van der Waals surface area contributed by atoms with Gasteiger partial charge in [-0.1, -0.05) is 30.3 Å². The van der Waals surface area contributed by atoms with Gasteiger partial charge in [0.25, 0.3) is 0 Å². The lowest BCUT2D eigenvalue weighted by Gasteiger charge is -2.31. The molecule has 0 spiro atoms. The molecule has 4 nitrogen and oxygen atoms in total. The lowest BCUT2D eigenvalue weighted by Crippen LogP contribution is -2.34. The van der Waals surface area contributed by atoms with E-state index in [4.69, 9.17) is 5.73 Å². The maximum atomic E-state index is 13.0. The summed E-state index contributed by atoms with van der Waals surface area (Å²) in [6.45, 7) is 2.68. The number of benzene rings is 2.